The molecule has 0 fully saturated rings. The largest absolute Gasteiger partial charge is 0.340 e. The number of rotatable bonds is 5. The molecule has 0 atom stereocenters. The van der Waals surface area contributed by atoms with E-state index in [0.717, 1.165) is 23.3 Å². The van der Waals surface area contributed by atoms with Crippen molar-refractivity contribution >= 4 is 32.9 Å². The minimum Gasteiger partial charge on any atom is -0.340 e. The van der Waals surface area contributed by atoms with Gasteiger partial charge < -0.3 is 9.88 Å². The molecule has 3 aromatic rings. The predicted octanol–water partition coefficient (Wildman–Crippen LogP) is 4.52. The maximum absolute atomic E-state index is 13.4. The second kappa shape index (κ2) is 7.13. The highest BCUT2D eigenvalue weighted by Gasteiger charge is 2.18. The lowest BCUT2D eigenvalue weighted by Gasteiger charge is -2.21. The number of hydrogen-bond acceptors (Lipinski definition) is 2. The van der Waals surface area contributed by atoms with E-state index < -0.39 is 0 Å². The van der Waals surface area contributed by atoms with Gasteiger partial charge >= 0.3 is 0 Å². The number of halogens is 2. The van der Waals surface area contributed by atoms with Gasteiger partial charge in [0, 0.05) is 12.1 Å². The number of imidazole rings is 1. The normalized spacial score (nSPS) is 11.0. The molecule has 3 rings (SSSR count). The standard InChI is InChI=1S/C18H17BrFN3O/c1-2-9-23(18(24)12-7-8-14(20)13(19)10-12)11-17-21-15-5-3-4-6-16(15)22-17/h3-8,10H,2,9,11H2,1H3,(H,21,22). The molecule has 0 aliphatic carbocycles. The van der Waals surface area contributed by atoms with Crippen LogP contribution in [0.1, 0.15) is 29.5 Å². The molecule has 6 heteroatoms. The van der Waals surface area contributed by atoms with Crippen molar-refractivity contribution in [2.24, 2.45) is 0 Å². The number of aromatic amines is 1. The summed E-state index contributed by atoms with van der Waals surface area (Å²) in [6.45, 7) is 3.00. The Morgan fingerprint density at radius 3 is 2.79 bits per heavy atom. The lowest BCUT2D eigenvalue weighted by molar-refractivity contribution is 0.0739. The Kier molecular flexibility index (Phi) is 4.94. The van der Waals surface area contributed by atoms with E-state index in [4.69, 9.17) is 0 Å². The van der Waals surface area contributed by atoms with Gasteiger partial charge in [0.1, 0.15) is 11.6 Å². The number of nitrogens with one attached hydrogen (secondary N) is 1. The van der Waals surface area contributed by atoms with Gasteiger partial charge in [0.15, 0.2) is 0 Å². The topological polar surface area (TPSA) is 49.0 Å². The molecular weight excluding hydrogens is 373 g/mol. The summed E-state index contributed by atoms with van der Waals surface area (Å²) < 4.78 is 13.7. The quantitative estimate of drug-likeness (QED) is 0.697. The van der Waals surface area contributed by atoms with Crippen LogP contribution in [0.5, 0.6) is 0 Å². The van der Waals surface area contributed by atoms with E-state index >= 15 is 0 Å². The first-order valence-electron chi connectivity index (χ1n) is 7.76. The molecule has 0 aliphatic heterocycles. The number of fused-ring (bicyclic) bond motifs is 1. The molecule has 1 N–H and O–H groups in total. The molecule has 0 saturated carbocycles. The number of hydrogen-bond donors (Lipinski definition) is 1. The molecule has 0 bridgehead atoms. The van der Waals surface area contributed by atoms with Crippen LogP contribution in [0.15, 0.2) is 46.9 Å². The molecule has 1 amide bonds. The van der Waals surface area contributed by atoms with Crippen molar-refractivity contribution in [2.75, 3.05) is 6.54 Å². The summed E-state index contributed by atoms with van der Waals surface area (Å²) in [5.41, 5.74) is 2.27. The average molecular weight is 390 g/mol. The van der Waals surface area contributed by atoms with Crippen LogP contribution in [0.2, 0.25) is 0 Å². The van der Waals surface area contributed by atoms with Gasteiger partial charge in [0.25, 0.3) is 5.91 Å². The number of nitrogens with zero attached hydrogens (tertiary/aromatic N) is 2. The van der Waals surface area contributed by atoms with Crippen LogP contribution in [-0.2, 0) is 6.54 Å². The van der Waals surface area contributed by atoms with Gasteiger partial charge in [-0.1, -0.05) is 19.1 Å². The summed E-state index contributed by atoms with van der Waals surface area (Å²) >= 11 is 3.13. The van der Waals surface area contributed by atoms with Crippen LogP contribution in [0.4, 0.5) is 4.39 Å². The van der Waals surface area contributed by atoms with Crippen LogP contribution in [0.3, 0.4) is 0 Å². The van der Waals surface area contributed by atoms with E-state index in [2.05, 4.69) is 25.9 Å². The molecule has 0 spiro atoms. The summed E-state index contributed by atoms with van der Waals surface area (Å²) in [5, 5.41) is 0. The minimum atomic E-state index is -0.383. The van der Waals surface area contributed by atoms with Crippen molar-refractivity contribution in [2.45, 2.75) is 19.9 Å². The predicted molar refractivity (Wildman–Crippen MR) is 95.2 cm³/mol. The van der Waals surface area contributed by atoms with Crippen molar-refractivity contribution in [3.8, 4) is 0 Å². The first-order valence-corrected chi connectivity index (χ1v) is 8.55. The molecule has 2 aromatic carbocycles. The van der Waals surface area contributed by atoms with E-state index in [1.165, 1.54) is 18.2 Å². The summed E-state index contributed by atoms with van der Waals surface area (Å²) in [6.07, 6.45) is 0.828. The van der Waals surface area contributed by atoms with E-state index in [1.54, 1.807) is 4.90 Å². The van der Waals surface area contributed by atoms with Crippen LogP contribution in [-0.4, -0.2) is 27.3 Å². The van der Waals surface area contributed by atoms with Gasteiger partial charge in [-0.25, -0.2) is 9.37 Å². The highest BCUT2D eigenvalue weighted by atomic mass is 79.9. The fourth-order valence-electron chi connectivity index (χ4n) is 2.60. The summed E-state index contributed by atoms with van der Waals surface area (Å²) in [7, 11) is 0. The molecule has 124 valence electrons. The third kappa shape index (κ3) is 3.48. The molecule has 0 unspecified atom stereocenters. The van der Waals surface area contributed by atoms with Crippen LogP contribution >= 0.6 is 15.9 Å². The van der Waals surface area contributed by atoms with Gasteiger partial charge in [-0.05, 0) is 52.7 Å². The Morgan fingerprint density at radius 1 is 1.29 bits per heavy atom. The third-order valence-corrected chi connectivity index (χ3v) is 4.33. The maximum atomic E-state index is 13.4. The van der Waals surface area contributed by atoms with Crippen LogP contribution in [0, 0.1) is 5.82 Å². The second-order valence-corrected chi connectivity index (χ2v) is 6.41. The third-order valence-electron chi connectivity index (χ3n) is 3.73. The number of carbonyl (C=O) groups excluding carboxylic acids is 1. The minimum absolute atomic E-state index is 0.141. The molecule has 4 nitrogen and oxygen atoms in total. The van der Waals surface area contributed by atoms with Crippen molar-refractivity contribution in [1.29, 1.82) is 0 Å². The number of H-pyrrole nitrogens is 1. The smallest absolute Gasteiger partial charge is 0.254 e. The molecule has 1 heterocycles. The number of amides is 1. The van der Waals surface area contributed by atoms with Crippen molar-refractivity contribution in [1.82, 2.24) is 14.9 Å². The fourth-order valence-corrected chi connectivity index (χ4v) is 2.97. The Hall–Kier alpha value is -2.21. The first kappa shape index (κ1) is 16.6. The Balaban J connectivity index is 1.85. The zero-order chi connectivity index (χ0) is 17.1. The molecule has 1 aromatic heterocycles. The van der Waals surface area contributed by atoms with Crippen molar-refractivity contribution in [3.63, 3.8) is 0 Å². The molecular formula is C18H17BrFN3O. The molecule has 0 radical (unpaired) electrons. The Morgan fingerprint density at radius 2 is 2.08 bits per heavy atom. The fraction of sp³-hybridized carbons (Fsp3) is 0.222. The van der Waals surface area contributed by atoms with Crippen molar-refractivity contribution in [3.05, 3.63) is 64.1 Å². The van der Waals surface area contributed by atoms with Gasteiger partial charge in [-0.15, -0.1) is 0 Å². The van der Waals surface area contributed by atoms with Gasteiger partial charge in [-0.3, -0.25) is 4.79 Å². The number of benzene rings is 2. The zero-order valence-electron chi connectivity index (χ0n) is 13.2. The Labute approximate surface area is 147 Å². The summed E-state index contributed by atoms with van der Waals surface area (Å²) in [6, 6.07) is 12.1. The van der Waals surface area contributed by atoms with Crippen LogP contribution in [0.25, 0.3) is 11.0 Å². The van der Waals surface area contributed by atoms with E-state index in [9.17, 15) is 9.18 Å². The average Bonchev–Trinajstić information content (AvgIpc) is 2.98. The number of carbonyl (C=O) groups is 1. The molecule has 24 heavy (non-hydrogen) atoms. The number of para-hydroxylation sites is 2. The zero-order valence-corrected chi connectivity index (χ0v) is 14.8. The highest BCUT2D eigenvalue weighted by molar-refractivity contribution is 9.10. The Bertz CT molecular complexity index is 845. The summed E-state index contributed by atoms with van der Waals surface area (Å²) in [4.78, 5) is 22.2. The van der Waals surface area contributed by atoms with E-state index in [0.29, 0.717) is 18.7 Å². The second-order valence-electron chi connectivity index (χ2n) is 5.56. The lowest BCUT2D eigenvalue weighted by atomic mass is 10.2. The molecule has 0 saturated heterocycles. The van der Waals surface area contributed by atoms with Crippen molar-refractivity contribution < 1.29 is 9.18 Å². The SMILES string of the molecule is CCCN(Cc1nc2ccccc2[nH]1)C(=O)c1ccc(F)c(Br)c1. The monoisotopic (exact) mass is 389 g/mol. The van der Waals surface area contributed by atoms with E-state index in [1.807, 2.05) is 31.2 Å². The number of aromatic nitrogens is 2. The van der Waals surface area contributed by atoms with Gasteiger partial charge in [0.2, 0.25) is 0 Å². The maximum Gasteiger partial charge on any atom is 0.254 e. The van der Waals surface area contributed by atoms with Gasteiger partial charge in [0.05, 0.1) is 22.1 Å². The van der Waals surface area contributed by atoms with Crippen LogP contribution < -0.4 is 0 Å². The first-order chi connectivity index (χ1) is 11.6. The highest BCUT2D eigenvalue weighted by Crippen LogP contribution is 2.19. The lowest BCUT2D eigenvalue weighted by Crippen LogP contribution is -2.31. The van der Waals surface area contributed by atoms with E-state index in [-0.39, 0.29) is 16.2 Å². The molecule has 0 aliphatic rings. The summed E-state index contributed by atoms with van der Waals surface area (Å²) in [5.74, 6) is 0.211. The van der Waals surface area contributed by atoms with Gasteiger partial charge in [-0.2, -0.15) is 0 Å².